The van der Waals surface area contributed by atoms with Gasteiger partial charge in [-0.15, -0.1) is 11.8 Å². The number of carbonyl (C=O) groups is 2. The molecule has 2 aliphatic heterocycles. The average molecular weight is 257 g/mol. The van der Waals surface area contributed by atoms with Crippen LogP contribution in [0.5, 0.6) is 0 Å². The molecule has 6 heteroatoms. The van der Waals surface area contributed by atoms with E-state index in [4.69, 9.17) is 0 Å². The van der Waals surface area contributed by atoms with Gasteiger partial charge in [-0.2, -0.15) is 0 Å². The quantitative estimate of drug-likeness (QED) is 0.733. The second-order valence-electron chi connectivity index (χ2n) is 4.51. The first-order valence-electron chi connectivity index (χ1n) is 6.03. The summed E-state index contributed by atoms with van der Waals surface area (Å²) in [5.74, 6) is 1.00. The van der Waals surface area contributed by atoms with Crippen LogP contribution < -0.4 is 10.6 Å². The minimum absolute atomic E-state index is 0.0860. The van der Waals surface area contributed by atoms with Crippen molar-refractivity contribution in [2.24, 2.45) is 0 Å². The number of rotatable bonds is 3. The van der Waals surface area contributed by atoms with Gasteiger partial charge in [0.15, 0.2) is 0 Å². The van der Waals surface area contributed by atoms with Gasteiger partial charge in [-0.3, -0.25) is 9.59 Å². The van der Waals surface area contributed by atoms with Gasteiger partial charge in [0.1, 0.15) is 6.04 Å². The van der Waals surface area contributed by atoms with Crippen LogP contribution in [0.1, 0.15) is 19.8 Å². The van der Waals surface area contributed by atoms with Crippen LogP contribution in [0, 0.1) is 0 Å². The minimum atomic E-state index is -0.326. The molecule has 3 atom stereocenters. The maximum Gasteiger partial charge on any atom is 0.246 e. The van der Waals surface area contributed by atoms with Gasteiger partial charge in [0.25, 0.3) is 0 Å². The Kier molecular flexibility index (Phi) is 3.93. The van der Waals surface area contributed by atoms with Crippen molar-refractivity contribution in [2.45, 2.75) is 37.2 Å². The molecule has 2 fully saturated rings. The number of carbonyl (C=O) groups excluding carboxylic acids is 2. The summed E-state index contributed by atoms with van der Waals surface area (Å²) in [6.45, 7) is 2.61. The Balaban J connectivity index is 1.94. The second kappa shape index (κ2) is 5.27. The summed E-state index contributed by atoms with van der Waals surface area (Å²) in [6, 6.07) is -0.582. The molecule has 0 spiro atoms. The minimum Gasteiger partial charge on any atom is -0.343 e. The van der Waals surface area contributed by atoms with Crippen LogP contribution >= 0.6 is 11.8 Å². The molecule has 2 rings (SSSR count). The predicted molar refractivity (Wildman–Crippen MR) is 67.6 cm³/mol. The Bertz CT molecular complexity index is 324. The van der Waals surface area contributed by atoms with E-state index in [9.17, 15) is 9.59 Å². The SMILES string of the molecule is CNC(C)C(=O)NC1CCC2SCCN2C1=O. The van der Waals surface area contributed by atoms with E-state index in [0.717, 1.165) is 25.1 Å². The Morgan fingerprint density at radius 1 is 1.53 bits per heavy atom. The number of fused-ring (bicyclic) bond motifs is 1. The monoisotopic (exact) mass is 257 g/mol. The lowest BCUT2D eigenvalue weighted by Gasteiger charge is -2.34. The normalized spacial score (nSPS) is 30.0. The summed E-state index contributed by atoms with van der Waals surface area (Å²) >= 11 is 1.84. The molecular weight excluding hydrogens is 238 g/mol. The fraction of sp³-hybridized carbons (Fsp3) is 0.818. The summed E-state index contributed by atoms with van der Waals surface area (Å²) in [5.41, 5.74) is 0. The summed E-state index contributed by atoms with van der Waals surface area (Å²) in [5, 5.41) is 6.05. The second-order valence-corrected chi connectivity index (χ2v) is 5.79. The molecule has 0 aromatic carbocycles. The molecule has 0 bridgehead atoms. The summed E-state index contributed by atoms with van der Waals surface area (Å²) in [4.78, 5) is 25.8. The highest BCUT2D eigenvalue weighted by molar-refractivity contribution is 8.00. The van der Waals surface area contributed by atoms with Gasteiger partial charge in [-0.05, 0) is 26.8 Å². The predicted octanol–water partition coefficient (Wildman–Crippen LogP) is -0.226. The first-order valence-corrected chi connectivity index (χ1v) is 7.08. The van der Waals surface area contributed by atoms with E-state index in [2.05, 4.69) is 10.6 Å². The van der Waals surface area contributed by atoms with E-state index in [0.29, 0.717) is 5.37 Å². The van der Waals surface area contributed by atoms with Crippen molar-refractivity contribution in [3.8, 4) is 0 Å². The van der Waals surface area contributed by atoms with Crippen molar-refractivity contribution in [3.05, 3.63) is 0 Å². The molecule has 0 aliphatic carbocycles. The van der Waals surface area contributed by atoms with Crippen LogP contribution in [-0.2, 0) is 9.59 Å². The standard InChI is InChI=1S/C11H19N3O2S/c1-7(12-2)10(15)13-8-3-4-9-14(11(8)16)5-6-17-9/h7-9,12H,3-6H2,1-2H3,(H,13,15). The molecule has 5 nitrogen and oxygen atoms in total. The average Bonchev–Trinajstić information content (AvgIpc) is 2.80. The number of likely N-dealkylation sites (N-methyl/N-ethyl adjacent to an activating group) is 1. The lowest BCUT2D eigenvalue weighted by Crippen LogP contribution is -2.56. The molecular formula is C11H19N3O2S. The molecule has 0 aromatic rings. The third kappa shape index (κ3) is 2.57. The van der Waals surface area contributed by atoms with Crippen LogP contribution in [0.15, 0.2) is 0 Å². The number of amides is 2. The third-order valence-electron chi connectivity index (χ3n) is 3.42. The van der Waals surface area contributed by atoms with Crippen molar-refractivity contribution in [3.63, 3.8) is 0 Å². The van der Waals surface area contributed by atoms with Gasteiger partial charge >= 0.3 is 0 Å². The van der Waals surface area contributed by atoms with E-state index >= 15 is 0 Å². The molecule has 2 heterocycles. The van der Waals surface area contributed by atoms with Crippen LogP contribution in [0.2, 0.25) is 0 Å². The molecule has 17 heavy (non-hydrogen) atoms. The number of piperidine rings is 1. The zero-order chi connectivity index (χ0) is 12.4. The Morgan fingerprint density at radius 2 is 2.29 bits per heavy atom. The van der Waals surface area contributed by atoms with Crippen LogP contribution in [0.25, 0.3) is 0 Å². The fourth-order valence-electron chi connectivity index (χ4n) is 2.21. The highest BCUT2D eigenvalue weighted by atomic mass is 32.2. The summed E-state index contributed by atoms with van der Waals surface area (Å²) in [7, 11) is 1.74. The summed E-state index contributed by atoms with van der Waals surface area (Å²) in [6.07, 6.45) is 1.74. The van der Waals surface area contributed by atoms with E-state index in [1.807, 2.05) is 16.7 Å². The first-order chi connectivity index (χ1) is 8.13. The van der Waals surface area contributed by atoms with Crippen molar-refractivity contribution in [1.29, 1.82) is 0 Å². The molecule has 0 saturated carbocycles. The zero-order valence-corrected chi connectivity index (χ0v) is 11.0. The van der Waals surface area contributed by atoms with E-state index in [1.165, 1.54) is 0 Å². The Labute approximate surface area is 106 Å². The largest absolute Gasteiger partial charge is 0.343 e. The molecule has 2 N–H and O–H groups in total. The molecule has 2 aliphatic rings. The lowest BCUT2D eigenvalue weighted by atomic mass is 10.0. The topological polar surface area (TPSA) is 61.4 Å². The highest BCUT2D eigenvalue weighted by Crippen LogP contribution is 2.32. The van der Waals surface area contributed by atoms with Crippen LogP contribution in [0.4, 0.5) is 0 Å². The molecule has 0 radical (unpaired) electrons. The molecule has 96 valence electrons. The van der Waals surface area contributed by atoms with Gasteiger partial charge in [-0.1, -0.05) is 0 Å². The summed E-state index contributed by atoms with van der Waals surface area (Å²) < 4.78 is 0. The van der Waals surface area contributed by atoms with Crippen molar-refractivity contribution >= 4 is 23.6 Å². The fourth-order valence-corrected chi connectivity index (χ4v) is 3.47. The van der Waals surface area contributed by atoms with Gasteiger partial charge in [0.05, 0.1) is 11.4 Å². The molecule has 0 aromatic heterocycles. The van der Waals surface area contributed by atoms with Gasteiger partial charge in [-0.25, -0.2) is 0 Å². The highest BCUT2D eigenvalue weighted by Gasteiger charge is 2.39. The van der Waals surface area contributed by atoms with Crippen molar-refractivity contribution < 1.29 is 9.59 Å². The molecule has 2 saturated heterocycles. The first kappa shape index (κ1) is 12.7. The number of hydrogen-bond acceptors (Lipinski definition) is 4. The molecule has 2 amide bonds. The van der Waals surface area contributed by atoms with E-state index in [-0.39, 0.29) is 23.9 Å². The molecule has 3 unspecified atom stereocenters. The van der Waals surface area contributed by atoms with Crippen molar-refractivity contribution in [2.75, 3.05) is 19.3 Å². The third-order valence-corrected chi connectivity index (χ3v) is 4.71. The number of thioether (sulfide) groups is 1. The van der Waals surface area contributed by atoms with Gasteiger partial charge < -0.3 is 15.5 Å². The maximum absolute atomic E-state index is 12.1. The Morgan fingerprint density at radius 3 is 3.00 bits per heavy atom. The maximum atomic E-state index is 12.1. The van der Waals surface area contributed by atoms with Gasteiger partial charge in [0, 0.05) is 12.3 Å². The smallest absolute Gasteiger partial charge is 0.246 e. The number of hydrogen-bond donors (Lipinski definition) is 2. The zero-order valence-electron chi connectivity index (χ0n) is 10.2. The number of nitrogens with zero attached hydrogens (tertiary/aromatic N) is 1. The van der Waals surface area contributed by atoms with Crippen LogP contribution in [-0.4, -0.2) is 53.5 Å². The number of nitrogens with one attached hydrogen (secondary N) is 2. The van der Waals surface area contributed by atoms with Gasteiger partial charge in [0.2, 0.25) is 11.8 Å². The van der Waals surface area contributed by atoms with Crippen molar-refractivity contribution in [1.82, 2.24) is 15.5 Å². The van der Waals surface area contributed by atoms with E-state index in [1.54, 1.807) is 14.0 Å². The van der Waals surface area contributed by atoms with E-state index < -0.39 is 0 Å². The Hall–Kier alpha value is -0.750. The lowest BCUT2D eigenvalue weighted by molar-refractivity contribution is -0.139. The van der Waals surface area contributed by atoms with Crippen LogP contribution in [0.3, 0.4) is 0 Å².